The van der Waals surface area contributed by atoms with Crippen molar-refractivity contribution in [2.24, 2.45) is 0 Å². The lowest BCUT2D eigenvalue weighted by atomic mass is 10.0. The standard InChI is InChI=1S/C26H28N4O2S2/c1-15(2)28-12-10-23(32)30-26-24(19-9-11-27-14-22(19)34-26)25-29-20-13-17(5-8-21(20)33-25)16-3-6-18(31)7-4-16/h3-8,13,15,27-28,31H,9-12,14H2,1-2H3,(H,30,32). The number of aromatic hydroxyl groups is 1. The molecule has 0 radical (unpaired) electrons. The summed E-state index contributed by atoms with van der Waals surface area (Å²) in [6.45, 7) is 6.58. The molecule has 0 unspecified atom stereocenters. The van der Waals surface area contributed by atoms with Crippen LogP contribution in [0.1, 0.15) is 30.7 Å². The van der Waals surface area contributed by atoms with Gasteiger partial charge in [0.1, 0.15) is 15.8 Å². The fraction of sp³-hybridized carbons (Fsp3) is 0.308. The Bertz CT molecular complexity index is 1320. The Hall–Kier alpha value is -2.78. The number of thiophene rings is 1. The molecule has 0 fully saturated rings. The van der Waals surface area contributed by atoms with Crippen LogP contribution >= 0.6 is 22.7 Å². The van der Waals surface area contributed by atoms with E-state index < -0.39 is 0 Å². The van der Waals surface area contributed by atoms with Crippen molar-refractivity contribution < 1.29 is 9.90 Å². The highest BCUT2D eigenvalue weighted by Crippen LogP contribution is 2.45. The van der Waals surface area contributed by atoms with E-state index in [4.69, 9.17) is 4.98 Å². The highest BCUT2D eigenvalue weighted by atomic mass is 32.1. The highest BCUT2D eigenvalue weighted by Gasteiger charge is 2.25. The number of phenolic OH excluding ortho intramolecular Hbond substituents is 1. The summed E-state index contributed by atoms with van der Waals surface area (Å²) in [5.41, 5.74) is 5.43. The van der Waals surface area contributed by atoms with Crippen LogP contribution in [-0.2, 0) is 17.8 Å². The first-order valence-electron chi connectivity index (χ1n) is 11.6. The number of amides is 1. The Labute approximate surface area is 207 Å². The third-order valence-corrected chi connectivity index (χ3v) is 8.09. The monoisotopic (exact) mass is 492 g/mol. The Kier molecular flexibility index (Phi) is 6.65. The maximum Gasteiger partial charge on any atom is 0.226 e. The second-order valence-electron chi connectivity index (χ2n) is 8.79. The summed E-state index contributed by atoms with van der Waals surface area (Å²) in [6.07, 6.45) is 1.37. The minimum absolute atomic E-state index is 0.0247. The molecule has 6 nitrogen and oxygen atoms in total. The van der Waals surface area contributed by atoms with Crippen molar-refractivity contribution in [1.82, 2.24) is 15.6 Å². The molecule has 1 aliphatic heterocycles. The molecule has 2 aromatic heterocycles. The number of rotatable bonds is 7. The summed E-state index contributed by atoms with van der Waals surface area (Å²) in [6, 6.07) is 13.9. The van der Waals surface area contributed by atoms with E-state index in [2.05, 4.69) is 48.0 Å². The lowest BCUT2D eigenvalue weighted by Gasteiger charge is -2.13. The van der Waals surface area contributed by atoms with Gasteiger partial charge in [-0.05, 0) is 53.9 Å². The van der Waals surface area contributed by atoms with E-state index in [0.717, 1.165) is 56.4 Å². The third-order valence-electron chi connectivity index (χ3n) is 5.89. The number of nitrogens with zero attached hydrogens (tertiary/aromatic N) is 1. The minimum Gasteiger partial charge on any atom is -0.508 e. The van der Waals surface area contributed by atoms with Crippen molar-refractivity contribution in [3.05, 3.63) is 52.9 Å². The van der Waals surface area contributed by atoms with Crippen LogP contribution in [0, 0.1) is 0 Å². The quantitative estimate of drug-likeness (QED) is 0.279. The van der Waals surface area contributed by atoms with Crippen molar-refractivity contribution in [3.8, 4) is 27.4 Å². The molecule has 0 aliphatic carbocycles. The van der Waals surface area contributed by atoms with Crippen LogP contribution in [0.25, 0.3) is 31.9 Å². The molecule has 176 valence electrons. The van der Waals surface area contributed by atoms with Gasteiger partial charge in [0.05, 0.1) is 10.2 Å². The van der Waals surface area contributed by atoms with E-state index in [1.165, 1.54) is 10.4 Å². The van der Waals surface area contributed by atoms with Gasteiger partial charge < -0.3 is 21.1 Å². The second-order valence-corrected chi connectivity index (χ2v) is 10.9. The normalized spacial score (nSPS) is 13.4. The minimum atomic E-state index is 0.0247. The fourth-order valence-electron chi connectivity index (χ4n) is 4.18. The van der Waals surface area contributed by atoms with E-state index in [-0.39, 0.29) is 11.7 Å². The van der Waals surface area contributed by atoms with E-state index in [1.54, 1.807) is 34.8 Å². The summed E-state index contributed by atoms with van der Waals surface area (Å²) < 4.78 is 1.12. The summed E-state index contributed by atoms with van der Waals surface area (Å²) in [4.78, 5) is 19.0. The van der Waals surface area contributed by atoms with Crippen molar-refractivity contribution in [3.63, 3.8) is 0 Å². The van der Waals surface area contributed by atoms with Crippen LogP contribution in [0.2, 0.25) is 0 Å². The van der Waals surface area contributed by atoms with Gasteiger partial charge in [0, 0.05) is 36.0 Å². The number of hydrogen-bond donors (Lipinski definition) is 4. The zero-order valence-corrected chi connectivity index (χ0v) is 20.9. The van der Waals surface area contributed by atoms with E-state index in [1.807, 2.05) is 12.1 Å². The summed E-state index contributed by atoms with van der Waals surface area (Å²) >= 11 is 3.33. The van der Waals surface area contributed by atoms with Crippen LogP contribution < -0.4 is 16.0 Å². The number of fused-ring (bicyclic) bond motifs is 2. The molecule has 0 bridgehead atoms. The summed E-state index contributed by atoms with van der Waals surface area (Å²) in [7, 11) is 0. The predicted octanol–water partition coefficient (Wildman–Crippen LogP) is 5.37. The van der Waals surface area contributed by atoms with Crippen LogP contribution in [0.5, 0.6) is 5.75 Å². The second kappa shape index (κ2) is 9.84. The van der Waals surface area contributed by atoms with Crippen LogP contribution in [0.15, 0.2) is 42.5 Å². The summed E-state index contributed by atoms with van der Waals surface area (Å²) in [5, 5.41) is 21.4. The van der Waals surface area contributed by atoms with Gasteiger partial charge in [-0.15, -0.1) is 22.7 Å². The Morgan fingerprint density at radius 3 is 2.74 bits per heavy atom. The molecule has 1 amide bonds. The fourth-order valence-corrected chi connectivity index (χ4v) is 6.50. The molecule has 2 aromatic carbocycles. The maximum absolute atomic E-state index is 12.7. The SMILES string of the molecule is CC(C)NCCC(=O)Nc1sc2c(c1-c1nc3cc(-c4ccc(O)cc4)ccc3s1)CCNC2. The molecule has 0 saturated carbocycles. The lowest BCUT2D eigenvalue weighted by molar-refractivity contribution is -0.116. The number of carbonyl (C=O) groups is 1. The zero-order valence-electron chi connectivity index (χ0n) is 19.3. The molecule has 1 aliphatic rings. The largest absolute Gasteiger partial charge is 0.508 e. The van der Waals surface area contributed by atoms with Gasteiger partial charge in [0.25, 0.3) is 0 Å². The Morgan fingerprint density at radius 1 is 1.15 bits per heavy atom. The molecule has 4 N–H and O–H groups in total. The highest BCUT2D eigenvalue weighted by molar-refractivity contribution is 7.23. The molecule has 3 heterocycles. The molecular formula is C26H28N4O2S2. The van der Waals surface area contributed by atoms with Gasteiger partial charge in [0.2, 0.25) is 5.91 Å². The maximum atomic E-state index is 12.7. The molecule has 0 saturated heterocycles. The first-order valence-corrected chi connectivity index (χ1v) is 13.2. The van der Waals surface area contributed by atoms with E-state index >= 15 is 0 Å². The van der Waals surface area contributed by atoms with E-state index in [9.17, 15) is 9.90 Å². The number of thiazole rings is 1. The number of benzene rings is 2. The summed E-state index contributed by atoms with van der Waals surface area (Å²) in [5.74, 6) is 0.281. The van der Waals surface area contributed by atoms with Gasteiger partial charge >= 0.3 is 0 Å². The van der Waals surface area contributed by atoms with Crippen molar-refractivity contribution >= 4 is 43.8 Å². The first-order chi connectivity index (χ1) is 16.5. The Morgan fingerprint density at radius 2 is 1.94 bits per heavy atom. The van der Waals surface area contributed by atoms with Gasteiger partial charge in [-0.25, -0.2) is 4.98 Å². The zero-order chi connectivity index (χ0) is 23.7. The number of carbonyl (C=O) groups excluding carboxylic acids is 1. The molecule has 4 aromatic rings. The van der Waals surface area contributed by atoms with Crippen molar-refractivity contribution in [1.29, 1.82) is 0 Å². The molecule has 0 atom stereocenters. The number of nitrogens with one attached hydrogen (secondary N) is 3. The Balaban J connectivity index is 1.48. The molecule has 5 rings (SSSR count). The first kappa shape index (κ1) is 23.0. The average Bonchev–Trinajstić information content (AvgIpc) is 3.39. The average molecular weight is 493 g/mol. The smallest absolute Gasteiger partial charge is 0.226 e. The molecule has 8 heteroatoms. The topological polar surface area (TPSA) is 86.3 Å². The van der Waals surface area contributed by atoms with E-state index in [0.29, 0.717) is 19.0 Å². The predicted molar refractivity (Wildman–Crippen MR) is 142 cm³/mol. The van der Waals surface area contributed by atoms with Gasteiger partial charge in [-0.3, -0.25) is 4.79 Å². The molecular weight excluding hydrogens is 464 g/mol. The number of aromatic nitrogens is 1. The van der Waals surface area contributed by atoms with Crippen LogP contribution in [0.4, 0.5) is 5.00 Å². The molecule has 0 spiro atoms. The number of phenols is 1. The molecule has 34 heavy (non-hydrogen) atoms. The van der Waals surface area contributed by atoms with Crippen molar-refractivity contribution in [2.45, 2.75) is 39.3 Å². The van der Waals surface area contributed by atoms with Crippen LogP contribution in [0.3, 0.4) is 0 Å². The third kappa shape index (κ3) is 4.86. The van der Waals surface area contributed by atoms with Gasteiger partial charge in [0.15, 0.2) is 0 Å². The van der Waals surface area contributed by atoms with Gasteiger partial charge in [-0.2, -0.15) is 0 Å². The number of hydrogen-bond acceptors (Lipinski definition) is 7. The lowest BCUT2D eigenvalue weighted by Crippen LogP contribution is -2.27. The number of anilines is 1. The van der Waals surface area contributed by atoms with Crippen molar-refractivity contribution in [2.75, 3.05) is 18.4 Å². The van der Waals surface area contributed by atoms with Crippen LogP contribution in [-0.4, -0.2) is 35.1 Å². The van der Waals surface area contributed by atoms with Gasteiger partial charge in [-0.1, -0.05) is 32.0 Å².